The molecule has 0 amide bonds. The molecular weight excluding hydrogens is 598 g/mol. The predicted molar refractivity (Wildman–Crippen MR) is 160 cm³/mol. The Labute approximate surface area is 252 Å². The zero-order valence-corrected chi connectivity index (χ0v) is 25.6. The van der Waals surface area contributed by atoms with Crippen LogP contribution in [0.15, 0.2) is 40.7 Å². The van der Waals surface area contributed by atoms with Gasteiger partial charge in [-0.1, -0.05) is 0 Å². The minimum atomic E-state index is -4.20. The van der Waals surface area contributed by atoms with E-state index in [0.717, 1.165) is 60.6 Å². The maximum atomic E-state index is 14.5. The maximum absolute atomic E-state index is 14.5. The topological polar surface area (TPSA) is 101 Å². The van der Waals surface area contributed by atoms with E-state index in [-0.39, 0.29) is 11.4 Å². The van der Waals surface area contributed by atoms with Gasteiger partial charge in [0.25, 0.3) is 0 Å². The summed E-state index contributed by atoms with van der Waals surface area (Å²) in [6.07, 6.45) is 1.60. The van der Waals surface area contributed by atoms with Crippen LogP contribution < -0.4 is 9.64 Å². The number of halogens is 2. The fourth-order valence-electron chi connectivity index (χ4n) is 5.34. The molecular formula is C29H32F2N6O4S2. The number of pyridine rings is 1. The van der Waals surface area contributed by atoms with E-state index in [1.807, 2.05) is 0 Å². The zero-order valence-electron chi connectivity index (χ0n) is 23.9. The number of likely N-dealkylation sites (N-methyl/N-ethyl adjacent to an activating group) is 1. The molecule has 0 radical (unpaired) electrons. The van der Waals surface area contributed by atoms with Crippen LogP contribution >= 0.6 is 11.3 Å². The van der Waals surface area contributed by atoms with Crippen LogP contribution in [0.4, 0.5) is 14.7 Å². The summed E-state index contributed by atoms with van der Waals surface area (Å²) in [6.45, 7) is 7.15. The molecule has 228 valence electrons. The number of hydrogen-bond acceptors (Lipinski definition) is 11. The maximum Gasteiger partial charge on any atom is 0.226 e. The Morgan fingerprint density at radius 2 is 1.79 bits per heavy atom. The molecule has 43 heavy (non-hydrogen) atoms. The van der Waals surface area contributed by atoms with Crippen molar-refractivity contribution in [1.82, 2.24) is 24.8 Å². The number of benzene rings is 1. The van der Waals surface area contributed by atoms with Crippen LogP contribution in [0.1, 0.15) is 11.1 Å². The molecule has 6 rings (SSSR count). The summed E-state index contributed by atoms with van der Waals surface area (Å²) < 4.78 is 66.2. The lowest BCUT2D eigenvalue weighted by Gasteiger charge is -2.32. The number of anilines is 1. The van der Waals surface area contributed by atoms with Crippen LogP contribution in [0.3, 0.4) is 0 Å². The van der Waals surface area contributed by atoms with Crippen LogP contribution in [0, 0.1) is 11.6 Å². The first kappa shape index (κ1) is 29.8. The number of thiophene rings is 1. The van der Waals surface area contributed by atoms with Crippen molar-refractivity contribution in [3.8, 4) is 17.1 Å². The van der Waals surface area contributed by atoms with Crippen LogP contribution in [0.25, 0.3) is 21.5 Å². The Bertz CT molecular complexity index is 1740. The van der Waals surface area contributed by atoms with Crippen LogP contribution in [-0.2, 0) is 26.9 Å². The minimum Gasteiger partial charge on any atom is -0.481 e. The Morgan fingerprint density at radius 3 is 2.51 bits per heavy atom. The van der Waals surface area contributed by atoms with Crippen molar-refractivity contribution in [2.45, 2.75) is 17.2 Å². The van der Waals surface area contributed by atoms with E-state index in [0.29, 0.717) is 49.6 Å². The molecule has 1 aromatic carbocycles. The molecule has 2 saturated heterocycles. The number of methoxy groups -OCH3 is 1. The molecule has 3 aromatic heterocycles. The Hall–Kier alpha value is -3.30. The van der Waals surface area contributed by atoms with E-state index in [2.05, 4.69) is 32.1 Å². The largest absolute Gasteiger partial charge is 0.481 e. The Kier molecular flexibility index (Phi) is 8.56. The van der Waals surface area contributed by atoms with E-state index in [1.54, 1.807) is 23.6 Å². The summed E-state index contributed by atoms with van der Waals surface area (Å²) in [7, 11) is -0.681. The molecule has 2 aliphatic rings. The second kappa shape index (κ2) is 12.4. The van der Waals surface area contributed by atoms with Crippen molar-refractivity contribution in [3.05, 3.63) is 58.6 Å². The number of ether oxygens (including phenoxy) is 2. The third kappa shape index (κ3) is 6.34. The number of sulfone groups is 1. The molecule has 0 N–H and O–H groups in total. The van der Waals surface area contributed by atoms with Gasteiger partial charge in [-0.15, -0.1) is 11.3 Å². The number of fused-ring (bicyclic) bond motifs is 1. The van der Waals surface area contributed by atoms with Gasteiger partial charge in [0.15, 0.2) is 9.84 Å². The molecule has 14 heteroatoms. The zero-order chi connectivity index (χ0) is 30.1. The first-order chi connectivity index (χ1) is 20.7. The van der Waals surface area contributed by atoms with Crippen LogP contribution in [0.5, 0.6) is 5.88 Å². The van der Waals surface area contributed by atoms with E-state index >= 15 is 0 Å². The molecule has 0 aliphatic carbocycles. The quantitative estimate of drug-likeness (QED) is 0.269. The van der Waals surface area contributed by atoms with Crippen molar-refractivity contribution >= 4 is 37.3 Å². The van der Waals surface area contributed by atoms with Gasteiger partial charge in [-0.25, -0.2) is 32.2 Å². The summed E-state index contributed by atoms with van der Waals surface area (Å²) in [4.78, 5) is 20.6. The third-order valence-electron chi connectivity index (χ3n) is 7.73. The molecule has 0 unspecified atom stereocenters. The second-order valence-electron chi connectivity index (χ2n) is 10.7. The number of morpholine rings is 1. The lowest BCUT2D eigenvalue weighted by molar-refractivity contribution is 0.122. The van der Waals surface area contributed by atoms with Crippen molar-refractivity contribution in [2.24, 2.45) is 0 Å². The number of aromatic nitrogens is 3. The number of hydrogen-bond donors (Lipinski definition) is 0. The smallest absolute Gasteiger partial charge is 0.226 e. The molecule has 0 saturated carbocycles. The van der Waals surface area contributed by atoms with Gasteiger partial charge in [0, 0.05) is 74.8 Å². The highest BCUT2D eigenvalue weighted by atomic mass is 32.2. The summed E-state index contributed by atoms with van der Waals surface area (Å²) in [5.74, 6) is -1.94. The van der Waals surface area contributed by atoms with E-state index < -0.39 is 32.1 Å². The predicted octanol–water partition coefficient (Wildman–Crippen LogP) is 3.60. The Morgan fingerprint density at radius 1 is 1.02 bits per heavy atom. The lowest BCUT2D eigenvalue weighted by atomic mass is 10.1. The molecule has 0 spiro atoms. The first-order valence-corrected chi connectivity index (χ1v) is 16.5. The minimum absolute atomic E-state index is 0.0930. The highest BCUT2D eigenvalue weighted by molar-refractivity contribution is 7.90. The summed E-state index contributed by atoms with van der Waals surface area (Å²) in [5, 5.41) is 2.11. The molecule has 2 aliphatic heterocycles. The van der Waals surface area contributed by atoms with Gasteiger partial charge >= 0.3 is 0 Å². The van der Waals surface area contributed by atoms with Crippen molar-refractivity contribution in [2.75, 3.05) is 71.5 Å². The molecule has 5 heterocycles. The van der Waals surface area contributed by atoms with Gasteiger partial charge in [0.2, 0.25) is 11.8 Å². The van der Waals surface area contributed by atoms with Gasteiger partial charge < -0.3 is 19.3 Å². The Balaban J connectivity index is 1.42. The fraction of sp³-hybridized carbons (Fsp3) is 0.414. The van der Waals surface area contributed by atoms with Gasteiger partial charge in [0.1, 0.15) is 16.5 Å². The monoisotopic (exact) mass is 630 g/mol. The van der Waals surface area contributed by atoms with Gasteiger partial charge in [-0.05, 0) is 30.6 Å². The molecule has 0 atom stereocenters. The number of nitrogens with zero attached hydrogens (tertiary/aromatic N) is 6. The molecule has 10 nitrogen and oxygen atoms in total. The normalized spacial score (nSPS) is 17.1. The van der Waals surface area contributed by atoms with Crippen molar-refractivity contribution < 1.29 is 26.7 Å². The highest BCUT2D eigenvalue weighted by Crippen LogP contribution is 2.37. The van der Waals surface area contributed by atoms with Gasteiger partial charge in [0.05, 0.1) is 42.0 Å². The van der Waals surface area contributed by atoms with Gasteiger partial charge in [-0.2, -0.15) is 0 Å². The highest BCUT2D eigenvalue weighted by Gasteiger charge is 2.26. The average Bonchev–Trinajstić information content (AvgIpc) is 3.40. The van der Waals surface area contributed by atoms with E-state index in [9.17, 15) is 17.2 Å². The fourth-order valence-corrected chi connectivity index (χ4v) is 7.75. The molecule has 2 fully saturated rings. The second-order valence-corrected chi connectivity index (χ2v) is 13.6. The summed E-state index contributed by atoms with van der Waals surface area (Å²) >= 11 is 1.54. The van der Waals surface area contributed by atoms with Crippen molar-refractivity contribution in [1.29, 1.82) is 0 Å². The number of piperazine rings is 1. The summed E-state index contributed by atoms with van der Waals surface area (Å²) in [5.41, 5.74) is 3.41. The molecule has 0 bridgehead atoms. The third-order valence-corrected chi connectivity index (χ3v) is 10.4. The van der Waals surface area contributed by atoms with Gasteiger partial charge in [-0.3, -0.25) is 4.90 Å². The van der Waals surface area contributed by atoms with Crippen LogP contribution in [-0.4, -0.2) is 99.8 Å². The van der Waals surface area contributed by atoms with Crippen molar-refractivity contribution in [3.63, 3.8) is 0 Å². The lowest BCUT2D eigenvalue weighted by Crippen LogP contribution is -2.43. The van der Waals surface area contributed by atoms with Crippen LogP contribution in [0.2, 0.25) is 0 Å². The average molecular weight is 631 g/mol. The van der Waals surface area contributed by atoms with E-state index in [4.69, 9.17) is 19.4 Å². The number of rotatable bonds is 8. The summed E-state index contributed by atoms with van der Waals surface area (Å²) in [6, 6.07) is 4.07. The SMILES string of the molecule is COc1ncc(-c2nc(N3CCOCC3)nc3c(CN4CCN(C)CC4)csc23)cc1CS(=O)(=O)c1ccc(F)cc1F. The van der Waals surface area contributed by atoms with E-state index in [1.165, 1.54) is 7.11 Å². The standard InChI is InChI=1S/C29H32F2N6O4S2/c1-35-5-7-36(8-6-35)16-21-17-42-27-25(33-29(34-26(21)27)37-9-11-41-12-10-37)19-13-20(28(40-2)32-15-19)18-43(38,39)24-4-3-22(30)14-23(24)31/h3-4,13-15,17H,5-12,16,18H2,1-2H3. The molecule has 4 aromatic rings. The first-order valence-electron chi connectivity index (χ1n) is 13.9.